The van der Waals surface area contributed by atoms with Crippen molar-refractivity contribution in [1.82, 2.24) is 10.3 Å². The molecule has 1 aromatic heterocycles. The molecule has 0 aliphatic rings. The number of amides is 1. The molecule has 0 unspecified atom stereocenters. The van der Waals surface area contributed by atoms with Crippen molar-refractivity contribution in [2.75, 3.05) is 7.11 Å². The molecule has 0 aliphatic heterocycles. The molecule has 7 nitrogen and oxygen atoms in total. The second-order valence-corrected chi connectivity index (χ2v) is 3.94. The number of nitrogens with zero attached hydrogens (tertiary/aromatic N) is 1. The zero-order valence-corrected chi connectivity index (χ0v) is 10.7. The second kappa shape index (κ2) is 6.69. The summed E-state index contributed by atoms with van der Waals surface area (Å²) in [6.45, 7) is 0. The van der Waals surface area contributed by atoms with Crippen LogP contribution in [0.25, 0.3) is 0 Å². The molecule has 1 atom stereocenters. The number of pyridine rings is 1. The van der Waals surface area contributed by atoms with E-state index in [2.05, 4.69) is 15.0 Å². The van der Waals surface area contributed by atoms with Gasteiger partial charge in [0.2, 0.25) is 0 Å². The van der Waals surface area contributed by atoms with Gasteiger partial charge in [0.15, 0.2) is 0 Å². The maximum atomic E-state index is 11.7. The number of carboxylic acid groups (broad SMARTS) is 1. The lowest BCUT2D eigenvalue weighted by Gasteiger charge is -2.12. The van der Waals surface area contributed by atoms with E-state index in [0.29, 0.717) is 5.02 Å². The number of aromatic nitrogens is 1. The van der Waals surface area contributed by atoms with Crippen LogP contribution in [-0.2, 0) is 14.3 Å². The van der Waals surface area contributed by atoms with Gasteiger partial charge in [-0.25, -0.2) is 9.78 Å². The van der Waals surface area contributed by atoms with Crippen LogP contribution >= 0.6 is 11.6 Å². The van der Waals surface area contributed by atoms with Gasteiger partial charge in [0.1, 0.15) is 11.7 Å². The van der Waals surface area contributed by atoms with Crippen LogP contribution in [0.15, 0.2) is 18.3 Å². The molecule has 0 radical (unpaired) electrons. The van der Waals surface area contributed by atoms with E-state index in [4.69, 9.17) is 16.7 Å². The quantitative estimate of drug-likeness (QED) is 0.763. The van der Waals surface area contributed by atoms with E-state index in [1.807, 2.05) is 0 Å². The van der Waals surface area contributed by atoms with Gasteiger partial charge in [-0.3, -0.25) is 9.59 Å². The Morgan fingerprint density at radius 3 is 2.63 bits per heavy atom. The van der Waals surface area contributed by atoms with Gasteiger partial charge in [0, 0.05) is 6.20 Å². The maximum Gasteiger partial charge on any atom is 0.326 e. The Morgan fingerprint density at radius 2 is 2.16 bits per heavy atom. The fraction of sp³-hybridized carbons (Fsp3) is 0.273. The van der Waals surface area contributed by atoms with Crippen molar-refractivity contribution in [1.29, 1.82) is 0 Å². The van der Waals surface area contributed by atoms with E-state index < -0.39 is 30.3 Å². The molecule has 0 spiro atoms. The topological polar surface area (TPSA) is 106 Å². The molecule has 1 rings (SSSR count). The highest BCUT2D eigenvalue weighted by molar-refractivity contribution is 6.30. The van der Waals surface area contributed by atoms with Gasteiger partial charge in [-0.1, -0.05) is 11.6 Å². The Balaban J connectivity index is 2.73. The lowest BCUT2D eigenvalue weighted by atomic mass is 10.2. The van der Waals surface area contributed by atoms with Crippen LogP contribution in [0.4, 0.5) is 0 Å². The molecule has 0 saturated heterocycles. The largest absolute Gasteiger partial charge is 0.480 e. The van der Waals surface area contributed by atoms with Crippen LogP contribution in [0.2, 0.25) is 5.02 Å². The average Bonchev–Trinajstić information content (AvgIpc) is 2.38. The third-order valence-corrected chi connectivity index (χ3v) is 2.39. The summed E-state index contributed by atoms with van der Waals surface area (Å²) in [7, 11) is 1.13. The Morgan fingerprint density at radius 1 is 1.47 bits per heavy atom. The molecule has 2 N–H and O–H groups in total. The number of rotatable bonds is 5. The van der Waals surface area contributed by atoms with Gasteiger partial charge in [-0.2, -0.15) is 0 Å². The lowest BCUT2D eigenvalue weighted by molar-refractivity contribution is -0.147. The lowest BCUT2D eigenvalue weighted by Crippen LogP contribution is -2.42. The van der Waals surface area contributed by atoms with Gasteiger partial charge in [0.05, 0.1) is 18.6 Å². The van der Waals surface area contributed by atoms with Crippen molar-refractivity contribution in [3.05, 3.63) is 29.0 Å². The zero-order chi connectivity index (χ0) is 14.4. The normalized spacial score (nSPS) is 11.5. The third-order valence-electron chi connectivity index (χ3n) is 2.16. The summed E-state index contributed by atoms with van der Waals surface area (Å²) < 4.78 is 4.35. The molecule has 0 bridgehead atoms. The summed E-state index contributed by atoms with van der Waals surface area (Å²) in [5, 5.41) is 11.4. The standard InChI is InChI=1S/C11H11ClN2O5/c1-19-9(15)4-8(11(17)18)14-10(16)7-3-2-6(12)5-13-7/h2-3,5,8H,4H2,1H3,(H,14,16)(H,17,18)/t8-/m0/s1. The first-order valence-electron chi connectivity index (χ1n) is 5.16. The van der Waals surface area contributed by atoms with Crippen LogP contribution in [-0.4, -0.2) is 41.1 Å². The minimum Gasteiger partial charge on any atom is -0.480 e. The number of hydrogen-bond donors (Lipinski definition) is 2. The summed E-state index contributed by atoms with van der Waals surface area (Å²) in [5.41, 5.74) is 0.000478. The molecule has 19 heavy (non-hydrogen) atoms. The van der Waals surface area contributed by atoms with Crippen LogP contribution in [0.1, 0.15) is 16.9 Å². The predicted octanol–water partition coefficient (Wildman–Crippen LogP) is 0.481. The molecular formula is C11H11ClN2O5. The molecule has 102 valence electrons. The Hall–Kier alpha value is -2.15. The minimum atomic E-state index is -1.38. The summed E-state index contributed by atoms with van der Waals surface area (Å²) in [6, 6.07) is 1.41. The van der Waals surface area contributed by atoms with Crippen LogP contribution in [0, 0.1) is 0 Å². The Kier molecular flexibility index (Phi) is 5.25. The van der Waals surface area contributed by atoms with Gasteiger partial charge in [-0.15, -0.1) is 0 Å². The van der Waals surface area contributed by atoms with Gasteiger partial charge >= 0.3 is 11.9 Å². The smallest absolute Gasteiger partial charge is 0.326 e. The van der Waals surface area contributed by atoms with Crippen molar-refractivity contribution < 1.29 is 24.2 Å². The highest BCUT2D eigenvalue weighted by Gasteiger charge is 2.24. The van der Waals surface area contributed by atoms with Crippen molar-refractivity contribution in [3.63, 3.8) is 0 Å². The SMILES string of the molecule is COC(=O)C[C@H](NC(=O)c1ccc(Cl)cn1)C(=O)O. The van der Waals surface area contributed by atoms with Gasteiger partial charge < -0.3 is 15.2 Å². The molecule has 8 heteroatoms. The van der Waals surface area contributed by atoms with E-state index >= 15 is 0 Å². The monoisotopic (exact) mass is 286 g/mol. The third kappa shape index (κ3) is 4.55. The first kappa shape index (κ1) is 14.9. The number of aliphatic carboxylic acids is 1. The van der Waals surface area contributed by atoms with E-state index in [9.17, 15) is 14.4 Å². The van der Waals surface area contributed by atoms with Gasteiger partial charge in [-0.05, 0) is 12.1 Å². The Bertz CT molecular complexity index is 488. The number of methoxy groups -OCH3 is 1. The zero-order valence-electron chi connectivity index (χ0n) is 9.92. The minimum absolute atomic E-state index is 0.000478. The van der Waals surface area contributed by atoms with Crippen molar-refractivity contribution in [3.8, 4) is 0 Å². The summed E-state index contributed by atoms with van der Waals surface area (Å²) >= 11 is 5.61. The number of esters is 1. The summed E-state index contributed by atoms with van der Waals surface area (Å²) in [6.07, 6.45) is 0.789. The van der Waals surface area contributed by atoms with Crippen molar-refractivity contribution in [2.24, 2.45) is 0 Å². The summed E-state index contributed by atoms with van der Waals surface area (Å²) in [4.78, 5) is 37.4. The van der Waals surface area contributed by atoms with Gasteiger partial charge in [0.25, 0.3) is 5.91 Å². The molecule has 0 saturated carbocycles. The van der Waals surface area contributed by atoms with Crippen molar-refractivity contribution >= 4 is 29.4 Å². The fourth-order valence-corrected chi connectivity index (χ4v) is 1.30. The number of carboxylic acids is 1. The second-order valence-electron chi connectivity index (χ2n) is 3.51. The molecule has 0 aliphatic carbocycles. The fourth-order valence-electron chi connectivity index (χ4n) is 1.19. The summed E-state index contributed by atoms with van der Waals surface area (Å²) in [5.74, 6) is -2.79. The van der Waals surface area contributed by atoms with Crippen molar-refractivity contribution in [2.45, 2.75) is 12.5 Å². The molecule has 1 amide bonds. The number of ether oxygens (including phenoxy) is 1. The highest BCUT2D eigenvalue weighted by atomic mass is 35.5. The Labute approximate surface area is 113 Å². The molecular weight excluding hydrogens is 276 g/mol. The first-order chi connectivity index (χ1) is 8.93. The van der Waals surface area contributed by atoms with Crippen LogP contribution in [0.5, 0.6) is 0 Å². The van der Waals surface area contributed by atoms with E-state index in [0.717, 1.165) is 7.11 Å². The molecule has 0 aromatic carbocycles. The average molecular weight is 287 g/mol. The molecule has 0 fully saturated rings. The molecule has 1 heterocycles. The highest BCUT2D eigenvalue weighted by Crippen LogP contribution is 2.06. The van der Waals surface area contributed by atoms with E-state index in [1.54, 1.807) is 0 Å². The number of carbonyl (C=O) groups is 3. The molecule has 1 aromatic rings. The predicted molar refractivity (Wildman–Crippen MR) is 64.8 cm³/mol. The number of halogens is 1. The van der Waals surface area contributed by atoms with Crippen LogP contribution < -0.4 is 5.32 Å². The first-order valence-corrected chi connectivity index (χ1v) is 5.54. The van der Waals surface area contributed by atoms with E-state index in [1.165, 1.54) is 18.3 Å². The van der Waals surface area contributed by atoms with E-state index in [-0.39, 0.29) is 5.69 Å². The van der Waals surface area contributed by atoms with Crippen LogP contribution in [0.3, 0.4) is 0 Å². The number of carbonyl (C=O) groups excluding carboxylic acids is 2. The number of hydrogen-bond acceptors (Lipinski definition) is 5. The maximum absolute atomic E-state index is 11.7. The number of nitrogens with one attached hydrogen (secondary N) is 1.